The van der Waals surface area contributed by atoms with Crippen LogP contribution >= 0.6 is 0 Å². The van der Waals surface area contributed by atoms with E-state index in [2.05, 4.69) is 9.84 Å². The van der Waals surface area contributed by atoms with Gasteiger partial charge >= 0.3 is 12.8 Å². The van der Waals surface area contributed by atoms with Gasteiger partial charge < -0.3 is 9.84 Å². The van der Waals surface area contributed by atoms with Crippen LogP contribution < -0.4 is 0 Å². The topological polar surface area (TPSA) is 47.3 Å². The van der Waals surface area contributed by atoms with E-state index in [4.69, 9.17) is 0 Å². The zero-order valence-electron chi connectivity index (χ0n) is 13.2. The van der Waals surface area contributed by atoms with Gasteiger partial charge in [0.2, 0.25) is 0 Å². The van der Waals surface area contributed by atoms with E-state index >= 15 is 0 Å². The number of fused-ring (bicyclic) bond motifs is 1. The van der Waals surface area contributed by atoms with Crippen LogP contribution in [0, 0.1) is 0 Å². The van der Waals surface area contributed by atoms with E-state index in [0.29, 0.717) is 12.8 Å². The zero-order valence-corrected chi connectivity index (χ0v) is 13.2. The molecule has 25 heavy (non-hydrogen) atoms. The Balaban J connectivity index is 0.000000326. The Kier molecular flexibility index (Phi) is 5.67. The molecule has 3 rings (SSSR count). The van der Waals surface area contributed by atoms with Gasteiger partial charge in [-0.1, -0.05) is 0 Å². The van der Waals surface area contributed by atoms with Gasteiger partial charge in [-0.3, -0.25) is 4.68 Å². The fraction of sp³-hybridized carbons (Fsp3) is 0.786. The summed E-state index contributed by atoms with van der Waals surface area (Å²) < 4.78 is 91.8. The molecule has 4 nitrogen and oxygen atoms in total. The quantitative estimate of drug-likeness (QED) is 0.806. The molecule has 1 aromatic rings. The summed E-state index contributed by atoms with van der Waals surface area (Å²) in [6, 6.07) is -0.258. The Morgan fingerprint density at radius 1 is 1.32 bits per heavy atom. The molecule has 1 fully saturated rings. The maximum absolute atomic E-state index is 13.4. The summed E-state index contributed by atoms with van der Waals surface area (Å²) >= 11 is 0. The molecule has 0 aliphatic heterocycles. The van der Waals surface area contributed by atoms with Crippen LogP contribution in [0.2, 0.25) is 0 Å². The highest BCUT2D eigenvalue weighted by Crippen LogP contribution is 2.49. The summed E-state index contributed by atoms with van der Waals surface area (Å²) in [6.45, 7) is -1.00. The first kappa shape index (κ1) is 20.0. The molecule has 2 aliphatic rings. The smallest absolute Gasteiger partial charge is 0.382 e. The van der Waals surface area contributed by atoms with Crippen LogP contribution in [-0.4, -0.2) is 34.0 Å². The summed E-state index contributed by atoms with van der Waals surface area (Å²) in [4.78, 5) is 0. The Morgan fingerprint density at radius 2 is 1.92 bits per heavy atom. The number of hydrogen-bond donors (Lipinski definition) is 1. The molecule has 0 radical (unpaired) electrons. The molecule has 2 aliphatic carbocycles. The van der Waals surface area contributed by atoms with E-state index < -0.39 is 42.5 Å². The van der Waals surface area contributed by atoms with Gasteiger partial charge in [0.05, 0.1) is 18.2 Å². The highest BCUT2D eigenvalue weighted by atomic mass is 19.4. The van der Waals surface area contributed by atoms with Crippen LogP contribution in [-0.2, 0) is 17.3 Å². The zero-order chi connectivity index (χ0) is 19.0. The number of alkyl halides is 7. The summed E-state index contributed by atoms with van der Waals surface area (Å²) in [6.07, 6.45) is -6.03. The Labute approximate surface area is 138 Å². The first-order chi connectivity index (χ1) is 11.5. The van der Waals surface area contributed by atoms with E-state index in [9.17, 15) is 35.8 Å². The predicted octanol–water partition coefficient (Wildman–Crippen LogP) is 4.10. The lowest BCUT2D eigenvalue weighted by atomic mass is 9.93. The van der Waals surface area contributed by atoms with Crippen molar-refractivity contribution in [1.82, 2.24) is 9.78 Å². The van der Waals surface area contributed by atoms with Gasteiger partial charge in [-0.25, -0.2) is 8.78 Å². The van der Waals surface area contributed by atoms with Crippen molar-refractivity contribution >= 4 is 0 Å². The van der Waals surface area contributed by atoms with Crippen LogP contribution in [0.4, 0.5) is 30.7 Å². The third-order valence-electron chi connectivity index (χ3n) is 4.11. The average Bonchev–Trinajstić information content (AvgIpc) is 2.85. The Hall–Kier alpha value is -1.36. The van der Waals surface area contributed by atoms with Crippen molar-refractivity contribution in [3.8, 4) is 0 Å². The molecule has 0 spiro atoms. The van der Waals surface area contributed by atoms with Crippen molar-refractivity contribution in [3.63, 3.8) is 0 Å². The second-order valence-electron chi connectivity index (χ2n) is 5.79. The average molecular weight is 378 g/mol. The van der Waals surface area contributed by atoms with Crippen LogP contribution in [0.15, 0.2) is 0 Å². The normalized spacial score (nSPS) is 22.4. The Morgan fingerprint density at radius 3 is 2.28 bits per heavy atom. The van der Waals surface area contributed by atoms with Gasteiger partial charge in [0.15, 0.2) is 5.69 Å². The highest BCUT2D eigenvalue weighted by molar-refractivity contribution is 5.38. The standard InChI is InChI=1S/C11H11F5N2O.C3H6F2O/c12-10(13)4-6-7(9(10)19)8(11(14,15)16)17-18(6)5-2-1-3-5;1-2-6-3(4)5/h5,9,19H,1-4H2;3H,2H2,1H3. The predicted molar refractivity (Wildman–Crippen MR) is 71.4 cm³/mol. The van der Waals surface area contributed by atoms with Gasteiger partial charge in [0.25, 0.3) is 5.92 Å². The van der Waals surface area contributed by atoms with Crippen molar-refractivity contribution in [3.05, 3.63) is 17.0 Å². The fourth-order valence-electron chi connectivity index (χ4n) is 2.75. The van der Waals surface area contributed by atoms with E-state index in [-0.39, 0.29) is 18.3 Å². The van der Waals surface area contributed by atoms with Gasteiger partial charge in [-0.15, -0.1) is 0 Å². The number of ether oxygens (including phenoxy) is 1. The molecule has 1 unspecified atom stereocenters. The SMILES string of the molecule is CCOC(F)F.OC1c2c(C(F)(F)F)nn(C3CCC3)c2CC1(F)F. The van der Waals surface area contributed by atoms with Gasteiger partial charge in [0.1, 0.15) is 6.10 Å². The van der Waals surface area contributed by atoms with Crippen molar-refractivity contribution in [2.45, 2.75) is 63.5 Å². The van der Waals surface area contributed by atoms with Gasteiger partial charge in [-0.2, -0.15) is 27.1 Å². The number of halogens is 7. The second kappa shape index (κ2) is 7.10. The molecular weight excluding hydrogens is 361 g/mol. The summed E-state index contributed by atoms with van der Waals surface area (Å²) in [7, 11) is 0. The molecule has 1 atom stereocenters. The van der Waals surface area contributed by atoms with Crippen LogP contribution in [0.1, 0.15) is 55.3 Å². The number of aliphatic hydroxyl groups excluding tert-OH is 1. The minimum atomic E-state index is -4.83. The van der Waals surface area contributed by atoms with E-state index in [1.807, 2.05) is 0 Å². The molecule has 1 saturated carbocycles. The Bertz CT molecular complexity index is 597. The summed E-state index contributed by atoms with van der Waals surface area (Å²) in [5.74, 6) is -3.56. The maximum Gasteiger partial charge on any atom is 0.435 e. The number of hydrogen-bond acceptors (Lipinski definition) is 3. The van der Waals surface area contributed by atoms with Gasteiger partial charge in [0, 0.05) is 12.2 Å². The molecule has 1 aromatic heterocycles. The summed E-state index contributed by atoms with van der Waals surface area (Å²) in [5.41, 5.74) is -2.29. The molecule has 1 N–H and O–H groups in total. The van der Waals surface area contributed by atoms with Crippen molar-refractivity contribution < 1.29 is 40.6 Å². The largest absolute Gasteiger partial charge is 0.435 e. The molecule has 11 heteroatoms. The molecule has 0 saturated heterocycles. The molecule has 0 bridgehead atoms. The molecule has 0 amide bonds. The number of aliphatic hydroxyl groups is 1. The maximum atomic E-state index is 13.4. The van der Waals surface area contributed by atoms with Crippen molar-refractivity contribution in [2.24, 2.45) is 0 Å². The van der Waals surface area contributed by atoms with Crippen LogP contribution in [0.3, 0.4) is 0 Å². The second-order valence-corrected chi connectivity index (χ2v) is 5.79. The third kappa shape index (κ3) is 4.08. The molecule has 0 aromatic carbocycles. The van der Waals surface area contributed by atoms with E-state index in [0.717, 1.165) is 11.1 Å². The number of nitrogens with zero attached hydrogens (tertiary/aromatic N) is 2. The highest BCUT2D eigenvalue weighted by Gasteiger charge is 2.55. The van der Waals surface area contributed by atoms with Crippen LogP contribution in [0.25, 0.3) is 0 Å². The lowest BCUT2D eigenvalue weighted by Gasteiger charge is -2.27. The minimum Gasteiger partial charge on any atom is -0.382 e. The van der Waals surface area contributed by atoms with Crippen molar-refractivity contribution in [2.75, 3.05) is 6.61 Å². The fourth-order valence-corrected chi connectivity index (χ4v) is 2.75. The van der Waals surface area contributed by atoms with Crippen molar-refractivity contribution in [1.29, 1.82) is 0 Å². The lowest BCUT2D eigenvalue weighted by molar-refractivity contribution is -0.146. The first-order valence-electron chi connectivity index (χ1n) is 7.63. The molecule has 144 valence electrons. The lowest BCUT2D eigenvalue weighted by Crippen LogP contribution is -2.26. The number of aromatic nitrogens is 2. The van der Waals surface area contributed by atoms with Crippen LogP contribution in [0.5, 0.6) is 0 Å². The monoisotopic (exact) mass is 378 g/mol. The molecule has 1 heterocycles. The minimum absolute atomic E-state index is 0.0810. The third-order valence-corrected chi connectivity index (χ3v) is 4.11. The van der Waals surface area contributed by atoms with E-state index in [1.165, 1.54) is 6.92 Å². The number of rotatable bonds is 3. The first-order valence-corrected chi connectivity index (χ1v) is 7.63. The summed E-state index contributed by atoms with van der Waals surface area (Å²) in [5, 5.41) is 12.9. The van der Waals surface area contributed by atoms with Gasteiger partial charge in [-0.05, 0) is 26.2 Å². The van der Waals surface area contributed by atoms with E-state index in [1.54, 1.807) is 0 Å². The molecular formula is C14H17F7N2O2.